The van der Waals surface area contributed by atoms with Gasteiger partial charge in [0.05, 0.1) is 6.04 Å². The Balaban J connectivity index is 2.50. The molecule has 0 bridgehead atoms. The van der Waals surface area contributed by atoms with Crippen LogP contribution in [0.3, 0.4) is 0 Å². The van der Waals surface area contributed by atoms with E-state index < -0.39 is 11.6 Å². The third-order valence-corrected chi connectivity index (χ3v) is 2.83. The van der Waals surface area contributed by atoms with Crippen LogP contribution in [0, 0.1) is 0 Å². The topological polar surface area (TPSA) is 84.7 Å². The molecule has 2 amide bonds. The highest BCUT2D eigenvalue weighted by Gasteiger charge is 2.28. The van der Waals surface area contributed by atoms with E-state index >= 15 is 0 Å². The molecule has 2 atom stereocenters. The molecule has 1 aliphatic rings. The number of nitrogens with one attached hydrogen (secondary N) is 1. The maximum atomic E-state index is 11.9. The summed E-state index contributed by atoms with van der Waals surface area (Å²) in [6.07, 6.45) is 1.38. The first-order chi connectivity index (χ1) is 8.69. The molecule has 1 heterocycles. The predicted octanol–water partition coefficient (Wildman–Crippen LogP) is 0.849. The van der Waals surface area contributed by atoms with Gasteiger partial charge in [-0.25, -0.2) is 4.79 Å². The predicted molar refractivity (Wildman–Crippen MR) is 72.6 cm³/mol. The first-order valence-corrected chi connectivity index (χ1v) is 6.73. The van der Waals surface area contributed by atoms with Crippen molar-refractivity contribution in [1.82, 2.24) is 10.2 Å². The monoisotopic (exact) mass is 271 g/mol. The fraction of sp³-hybridized carbons (Fsp3) is 0.846. The first kappa shape index (κ1) is 15.8. The standard InChI is InChI=1S/C13H25N3O3/c1-9(14)11(17)15-10-6-5-7-16(8-10)12(18)19-13(2,3)4/h9-10H,5-8,14H2,1-4H3,(H,15,17)/t9-,10+/m0/s1. The number of nitrogens with zero attached hydrogens (tertiary/aromatic N) is 1. The van der Waals surface area contributed by atoms with Crippen molar-refractivity contribution in [2.75, 3.05) is 13.1 Å². The number of piperidine rings is 1. The fourth-order valence-electron chi connectivity index (χ4n) is 1.92. The highest BCUT2D eigenvalue weighted by atomic mass is 16.6. The molecule has 0 saturated carbocycles. The molecule has 1 aliphatic heterocycles. The van der Waals surface area contributed by atoms with Crippen LogP contribution in [0.1, 0.15) is 40.5 Å². The zero-order valence-corrected chi connectivity index (χ0v) is 12.2. The molecule has 0 unspecified atom stereocenters. The van der Waals surface area contributed by atoms with Crippen molar-refractivity contribution in [2.24, 2.45) is 5.73 Å². The number of nitrogens with two attached hydrogens (primary N) is 1. The minimum absolute atomic E-state index is 0.0419. The van der Waals surface area contributed by atoms with E-state index in [4.69, 9.17) is 10.5 Å². The quantitative estimate of drug-likeness (QED) is 0.779. The molecule has 0 aliphatic carbocycles. The molecule has 6 heteroatoms. The van der Waals surface area contributed by atoms with Crippen LogP contribution in [0.2, 0.25) is 0 Å². The minimum Gasteiger partial charge on any atom is -0.444 e. The number of likely N-dealkylation sites (tertiary alicyclic amines) is 1. The molecule has 1 fully saturated rings. The molecular weight excluding hydrogens is 246 g/mol. The summed E-state index contributed by atoms with van der Waals surface area (Å²) in [5, 5.41) is 2.85. The lowest BCUT2D eigenvalue weighted by Crippen LogP contribution is -2.53. The number of amides is 2. The number of hydrogen-bond donors (Lipinski definition) is 2. The fourth-order valence-corrected chi connectivity index (χ4v) is 1.92. The number of ether oxygens (including phenoxy) is 1. The van der Waals surface area contributed by atoms with E-state index in [1.54, 1.807) is 11.8 Å². The zero-order chi connectivity index (χ0) is 14.6. The molecular formula is C13H25N3O3. The van der Waals surface area contributed by atoms with Gasteiger partial charge in [-0.1, -0.05) is 0 Å². The summed E-state index contributed by atoms with van der Waals surface area (Å²) >= 11 is 0. The Morgan fingerprint density at radius 3 is 2.58 bits per heavy atom. The third-order valence-electron chi connectivity index (χ3n) is 2.83. The number of rotatable bonds is 2. The van der Waals surface area contributed by atoms with E-state index in [0.29, 0.717) is 13.1 Å². The smallest absolute Gasteiger partial charge is 0.410 e. The van der Waals surface area contributed by atoms with Crippen LogP contribution < -0.4 is 11.1 Å². The minimum atomic E-state index is -0.531. The maximum Gasteiger partial charge on any atom is 0.410 e. The van der Waals surface area contributed by atoms with Gasteiger partial charge in [-0.2, -0.15) is 0 Å². The number of carbonyl (C=O) groups excluding carboxylic acids is 2. The van der Waals surface area contributed by atoms with Crippen LogP contribution >= 0.6 is 0 Å². The molecule has 0 radical (unpaired) electrons. The molecule has 0 spiro atoms. The van der Waals surface area contributed by atoms with E-state index in [1.807, 2.05) is 20.8 Å². The summed E-state index contributed by atoms with van der Waals surface area (Å²) in [5.74, 6) is -0.184. The lowest BCUT2D eigenvalue weighted by molar-refractivity contribution is -0.123. The van der Waals surface area contributed by atoms with Crippen LogP contribution in [0.15, 0.2) is 0 Å². The van der Waals surface area contributed by atoms with Crippen molar-refractivity contribution in [3.63, 3.8) is 0 Å². The van der Waals surface area contributed by atoms with E-state index in [9.17, 15) is 9.59 Å². The van der Waals surface area contributed by atoms with Crippen LogP contribution in [0.4, 0.5) is 4.79 Å². The Morgan fingerprint density at radius 2 is 2.05 bits per heavy atom. The molecule has 0 aromatic carbocycles. The van der Waals surface area contributed by atoms with Crippen molar-refractivity contribution in [1.29, 1.82) is 0 Å². The van der Waals surface area contributed by atoms with Crippen molar-refractivity contribution < 1.29 is 14.3 Å². The van der Waals surface area contributed by atoms with Gasteiger partial charge in [-0.15, -0.1) is 0 Å². The lowest BCUT2D eigenvalue weighted by Gasteiger charge is -2.34. The summed E-state index contributed by atoms with van der Waals surface area (Å²) in [6, 6.07) is -0.573. The first-order valence-electron chi connectivity index (χ1n) is 6.73. The Bertz CT molecular complexity index is 337. The Morgan fingerprint density at radius 1 is 1.42 bits per heavy atom. The van der Waals surface area contributed by atoms with E-state index in [1.165, 1.54) is 0 Å². The molecule has 0 aromatic rings. The molecule has 110 valence electrons. The average molecular weight is 271 g/mol. The van der Waals surface area contributed by atoms with Crippen LogP contribution in [0.25, 0.3) is 0 Å². The van der Waals surface area contributed by atoms with E-state index in [-0.39, 0.29) is 18.0 Å². The molecule has 6 nitrogen and oxygen atoms in total. The van der Waals surface area contributed by atoms with E-state index in [0.717, 1.165) is 12.8 Å². The van der Waals surface area contributed by atoms with E-state index in [2.05, 4.69) is 5.32 Å². The Kier molecular flexibility index (Phi) is 5.17. The largest absolute Gasteiger partial charge is 0.444 e. The second-order valence-electron chi connectivity index (χ2n) is 6.06. The molecule has 3 N–H and O–H groups in total. The Hall–Kier alpha value is -1.30. The molecule has 0 aromatic heterocycles. The van der Waals surface area contributed by atoms with Gasteiger partial charge in [-0.3, -0.25) is 4.79 Å². The van der Waals surface area contributed by atoms with Gasteiger partial charge in [0.15, 0.2) is 0 Å². The van der Waals surface area contributed by atoms with Crippen LogP contribution in [-0.4, -0.2) is 47.7 Å². The summed E-state index contributed by atoms with van der Waals surface area (Å²) < 4.78 is 5.33. The van der Waals surface area contributed by atoms with Gasteiger partial charge in [0.1, 0.15) is 5.60 Å². The SMILES string of the molecule is C[C@H](N)C(=O)N[C@@H]1CCCN(C(=O)OC(C)(C)C)C1. The average Bonchev–Trinajstić information content (AvgIpc) is 2.27. The number of carbonyl (C=O) groups is 2. The third kappa shape index (κ3) is 5.46. The lowest BCUT2D eigenvalue weighted by atomic mass is 10.1. The second-order valence-corrected chi connectivity index (χ2v) is 6.06. The van der Waals surface area contributed by atoms with Gasteiger partial charge < -0.3 is 20.7 Å². The van der Waals surface area contributed by atoms with Crippen LogP contribution in [0.5, 0.6) is 0 Å². The van der Waals surface area contributed by atoms with Gasteiger partial charge >= 0.3 is 6.09 Å². The highest BCUT2D eigenvalue weighted by molar-refractivity contribution is 5.81. The van der Waals surface area contributed by atoms with Gasteiger partial charge in [0, 0.05) is 19.1 Å². The van der Waals surface area contributed by atoms with Gasteiger partial charge in [-0.05, 0) is 40.5 Å². The molecule has 1 rings (SSSR count). The zero-order valence-electron chi connectivity index (χ0n) is 12.2. The molecule has 19 heavy (non-hydrogen) atoms. The van der Waals surface area contributed by atoms with Crippen molar-refractivity contribution >= 4 is 12.0 Å². The van der Waals surface area contributed by atoms with Crippen molar-refractivity contribution in [2.45, 2.75) is 58.2 Å². The summed E-state index contributed by atoms with van der Waals surface area (Å²) in [4.78, 5) is 25.1. The summed E-state index contributed by atoms with van der Waals surface area (Å²) in [7, 11) is 0. The maximum absolute atomic E-state index is 11.9. The second kappa shape index (κ2) is 6.23. The van der Waals surface area contributed by atoms with Gasteiger partial charge in [0.25, 0.3) is 0 Å². The highest BCUT2D eigenvalue weighted by Crippen LogP contribution is 2.15. The van der Waals surface area contributed by atoms with Crippen LogP contribution in [-0.2, 0) is 9.53 Å². The summed E-state index contributed by atoms with van der Waals surface area (Å²) in [6.45, 7) is 8.30. The van der Waals surface area contributed by atoms with Crippen molar-refractivity contribution in [3.05, 3.63) is 0 Å². The normalized spacial score (nSPS) is 21.7. The van der Waals surface area contributed by atoms with Crippen molar-refractivity contribution in [3.8, 4) is 0 Å². The number of hydrogen-bond acceptors (Lipinski definition) is 4. The Labute approximate surface area is 114 Å². The summed E-state index contributed by atoms with van der Waals surface area (Å²) in [5.41, 5.74) is 5.01. The molecule has 1 saturated heterocycles. The van der Waals surface area contributed by atoms with Gasteiger partial charge in [0.2, 0.25) is 5.91 Å².